The monoisotopic (exact) mass is 356 g/mol. The minimum absolute atomic E-state index is 0.0390. The number of thiophene rings is 1. The van der Waals surface area contributed by atoms with E-state index in [4.69, 9.17) is 0 Å². The first-order valence-electron chi connectivity index (χ1n) is 8.84. The summed E-state index contributed by atoms with van der Waals surface area (Å²) in [7, 11) is 0. The van der Waals surface area contributed by atoms with Gasteiger partial charge in [-0.05, 0) is 55.5 Å². The largest absolute Gasteiger partial charge is 0.347 e. The molecule has 4 nitrogen and oxygen atoms in total. The van der Waals surface area contributed by atoms with E-state index in [0.717, 1.165) is 41.8 Å². The number of anilines is 1. The highest BCUT2D eigenvalue weighted by atomic mass is 32.1. The molecule has 0 spiro atoms. The van der Waals surface area contributed by atoms with Gasteiger partial charge >= 0.3 is 0 Å². The highest BCUT2D eigenvalue weighted by molar-refractivity contribution is 7.14. The minimum atomic E-state index is -0.0390. The molecule has 132 valence electrons. The molecule has 0 radical (unpaired) electrons. The number of benzene rings is 1. The van der Waals surface area contributed by atoms with E-state index in [1.807, 2.05) is 30.3 Å². The summed E-state index contributed by atoms with van der Waals surface area (Å²) in [5.41, 5.74) is 3.03. The van der Waals surface area contributed by atoms with Crippen LogP contribution in [0.2, 0.25) is 0 Å². The van der Waals surface area contributed by atoms with E-state index >= 15 is 0 Å². The number of hydrogen-bond donors (Lipinski definition) is 2. The average molecular weight is 356 g/mol. The number of nitrogens with one attached hydrogen (secondary N) is 2. The molecule has 1 aromatic carbocycles. The van der Waals surface area contributed by atoms with E-state index in [9.17, 15) is 9.59 Å². The van der Waals surface area contributed by atoms with Gasteiger partial charge in [-0.25, -0.2) is 0 Å². The predicted molar refractivity (Wildman–Crippen MR) is 102 cm³/mol. The molecule has 2 aromatic rings. The Bertz CT molecular complexity index is 778. The molecule has 3 rings (SSSR count). The second kappa shape index (κ2) is 7.83. The molecule has 1 aliphatic carbocycles. The normalized spacial score (nSPS) is 13.5. The number of rotatable bonds is 7. The SMILES string of the molecule is CCCc1cc(C(=O)NCc2cccc(NC(=O)C3CC3)c2)sc1C. The van der Waals surface area contributed by atoms with Gasteiger partial charge in [-0.2, -0.15) is 0 Å². The summed E-state index contributed by atoms with van der Waals surface area (Å²) in [6, 6.07) is 9.66. The molecule has 2 amide bonds. The molecule has 25 heavy (non-hydrogen) atoms. The van der Waals surface area contributed by atoms with Crippen LogP contribution in [0.5, 0.6) is 0 Å². The van der Waals surface area contributed by atoms with Crippen LogP contribution in [0.25, 0.3) is 0 Å². The average Bonchev–Trinajstić information content (AvgIpc) is 3.38. The lowest BCUT2D eigenvalue weighted by atomic mass is 10.1. The van der Waals surface area contributed by atoms with Crippen molar-refractivity contribution in [1.82, 2.24) is 5.32 Å². The van der Waals surface area contributed by atoms with Gasteiger partial charge in [0.1, 0.15) is 0 Å². The lowest BCUT2D eigenvalue weighted by molar-refractivity contribution is -0.117. The number of carbonyl (C=O) groups excluding carboxylic acids is 2. The maximum atomic E-state index is 12.4. The topological polar surface area (TPSA) is 58.2 Å². The molecule has 2 N–H and O–H groups in total. The summed E-state index contributed by atoms with van der Waals surface area (Å²) in [4.78, 5) is 26.2. The lowest BCUT2D eigenvalue weighted by Crippen LogP contribution is -2.22. The van der Waals surface area contributed by atoms with Gasteiger partial charge in [0, 0.05) is 23.0 Å². The van der Waals surface area contributed by atoms with E-state index in [1.54, 1.807) is 11.3 Å². The van der Waals surface area contributed by atoms with Crippen molar-refractivity contribution < 1.29 is 9.59 Å². The van der Waals surface area contributed by atoms with Gasteiger partial charge in [-0.3, -0.25) is 9.59 Å². The first-order chi connectivity index (χ1) is 12.1. The Morgan fingerprint density at radius 3 is 2.76 bits per heavy atom. The van der Waals surface area contributed by atoms with Crippen molar-refractivity contribution in [2.45, 2.75) is 46.1 Å². The zero-order valence-corrected chi connectivity index (χ0v) is 15.5. The lowest BCUT2D eigenvalue weighted by Gasteiger charge is -2.08. The van der Waals surface area contributed by atoms with Gasteiger partial charge in [0.05, 0.1) is 4.88 Å². The summed E-state index contributed by atoms with van der Waals surface area (Å²) in [6.07, 6.45) is 4.07. The predicted octanol–water partition coefficient (Wildman–Crippen LogP) is 4.29. The Morgan fingerprint density at radius 1 is 1.24 bits per heavy atom. The second-order valence-electron chi connectivity index (χ2n) is 6.59. The maximum absolute atomic E-state index is 12.4. The fourth-order valence-corrected chi connectivity index (χ4v) is 3.76. The summed E-state index contributed by atoms with van der Waals surface area (Å²) < 4.78 is 0. The molecule has 0 unspecified atom stereocenters. The molecule has 5 heteroatoms. The number of aryl methyl sites for hydroxylation is 2. The first kappa shape index (κ1) is 17.7. The quantitative estimate of drug-likeness (QED) is 0.777. The third kappa shape index (κ3) is 4.69. The molecule has 0 aliphatic heterocycles. The smallest absolute Gasteiger partial charge is 0.261 e. The minimum Gasteiger partial charge on any atom is -0.347 e. The molecular formula is C20H24N2O2S. The zero-order valence-electron chi connectivity index (χ0n) is 14.7. The van der Waals surface area contributed by atoms with E-state index in [-0.39, 0.29) is 17.7 Å². The van der Waals surface area contributed by atoms with E-state index in [2.05, 4.69) is 24.5 Å². The summed E-state index contributed by atoms with van der Waals surface area (Å²) in [6.45, 7) is 4.66. The summed E-state index contributed by atoms with van der Waals surface area (Å²) in [5, 5.41) is 5.91. The molecule has 1 aromatic heterocycles. The number of hydrogen-bond acceptors (Lipinski definition) is 3. The van der Waals surface area contributed by atoms with Gasteiger partial charge in [0.25, 0.3) is 5.91 Å². The summed E-state index contributed by atoms with van der Waals surface area (Å²) in [5.74, 6) is 0.240. The Labute approximate surface area is 152 Å². The van der Waals surface area contributed by atoms with Crippen molar-refractivity contribution in [2.75, 3.05) is 5.32 Å². The van der Waals surface area contributed by atoms with Crippen LogP contribution in [-0.2, 0) is 17.8 Å². The van der Waals surface area contributed by atoms with Crippen molar-refractivity contribution >= 4 is 28.8 Å². The molecule has 0 bridgehead atoms. The van der Waals surface area contributed by atoms with Crippen LogP contribution in [0, 0.1) is 12.8 Å². The van der Waals surface area contributed by atoms with Crippen LogP contribution in [0.4, 0.5) is 5.69 Å². The molecule has 1 fully saturated rings. The first-order valence-corrected chi connectivity index (χ1v) is 9.65. The molecule has 1 saturated carbocycles. The third-order valence-corrected chi connectivity index (χ3v) is 5.45. The van der Waals surface area contributed by atoms with Crippen LogP contribution in [-0.4, -0.2) is 11.8 Å². The molecule has 1 heterocycles. The highest BCUT2D eigenvalue weighted by Crippen LogP contribution is 2.30. The molecule has 0 atom stereocenters. The Balaban J connectivity index is 1.58. The van der Waals surface area contributed by atoms with Gasteiger partial charge < -0.3 is 10.6 Å². The maximum Gasteiger partial charge on any atom is 0.261 e. The number of amides is 2. The van der Waals surface area contributed by atoms with Gasteiger partial charge in [-0.1, -0.05) is 25.5 Å². The number of carbonyl (C=O) groups is 2. The zero-order chi connectivity index (χ0) is 17.8. The standard InChI is InChI=1S/C20H24N2O2S/c1-3-5-16-11-18(25-13(16)2)20(24)21-12-14-6-4-7-17(10-14)22-19(23)15-8-9-15/h4,6-7,10-11,15H,3,5,8-9,12H2,1-2H3,(H,21,24)(H,22,23). The second-order valence-corrected chi connectivity index (χ2v) is 7.84. The van der Waals surface area contributed by atoms with E-state index in [1.165, 1.54) is 10.4 Å². The molecular weight excluding hydrogens is 332 g/mol. The Kier molecular flexibility index (Phi) is 5.53. The van der Waals surface area contributed by atoms with Gasteiger partial charge in [0.2, 0.25) is 5.91 Å². The van der Waals surface area contributed by atoms with Gasteiger partial charge in [0.15, 0.2) is 0 Å². The third-order valence-electron chi connectivity index (χ3n) is 4.36. The highest BCUT2D eigenvalue weighted by Gasteiger charge is 2.29. The van der Waals surface area contributed by atoms with Crippen molar-refractivity contribution in [1.29, 1.82) is 0 Å². The van der Waals surface area contributed by atoms with Crippen molar-refractivity contribution in [3.05, 3.63) is 51.2 Å². The van der Waals surface area contributed by atoms with Crippen LogP contribution < -0.4 is 10.6 Å². The Morgan fingerprint density at radius 2 is 2.04 bits per heavy atom. The van der Waals surface area contributed by atoms with Crippen LogP contribution in [0.1, 0.15) is 51.9 Å². The van der Waals surface area contributed by atoms with Crippen molar-refractivity contribution in [2.24, 2.45) is 5.92 Å². The fraction of sp³-hybridized carbons (Fsp3) is 0.400. The Hall–Kier alpha value is -2.14. The van der Waals surface area contributed by atoms with Crippen LogP contribution in [0.15, 0.2) is 30.3 Å². The van der Waals surface area contributed by atoms with Crippen molar-refractivity contribution in [3.8, 4) is 0 Å². The molecule has 1 aliphatic rings. The van der Waals surface area contributed by atoms with Crippen LogP contribution >= 0.6 is 11.3 Å². The van der Waals surface area contributed by atoms with Crippen molar-refractivity contribution in [3.63, 3.8) is 0 Å². The summed E-state index contributed by atoms with van der Waals surface area (Å²) >= 11 is 1.55. The fourth-order valence-electron chi connectivity index (χ4n) is 2.77. The molecule has 0 saturated heterocycles. The van der Waals surface area contributed by atoms with E-state index < -0.39 is 0 Å². The van der Waals surface area contributed by atoms with Crippen LogP contribution in [0.3, 0.4) is 0 Å². The van der Waals surface area contributed by atoms with Gasteiger partial charge in [-0.15, -0.1) is 11.3 Å². The van der Waals surface area contributed by atoms with E-state index in [0.29, 0.717) is 6.54 Å².